The molecule has 9 nitrogen and oxygen atoms in total. The summed E-state index contributed by atoms with van der Waals surface area (Å²) in [5, 5.41) is 5.98. The number of likely N-dealkylation sites (N-methyl/N-ethyl adjacent to an activating group) is 1. The number of piperazine rings is 1. The second-order valence-electron chi connectivity index (χ2n) is 8.01. The largest absolute Gasteiger partial charge is 0.367 e. The average Bonchev–Trinajstić information content (AvgIpc) is 3.12. The standard InChI is InChI=1S/C22H23N5O4S/c1-25-14-20(28)27-10-8-26(9-11-27)19-7-3-6-18-21(19)17(22(29)24-18)13-23-15-4-2-5-16(12-15)32(25,30)31/h2-7,12-13,23H,8-11,14H2,1H3,(H,24,29)/b17-13-. The zero-order chi connectivity index (χ0) is 22.5. The van der Waals surface area contributed by atoms with Gasteiger partial charge in [0, 0.05) is 56.4 Å². The maximum atomic E-state index is 13.0. The molecule has 4 aliphatic rings. The topological polar surface area (TPSA) is 102 Å². The summed E-state index contributed by atoms with van der Waals surface area (Å²) in [6, 6.07) is 12.1. The lowest BCUT2D eigenvalue weighted by molar-refractivity contribution is -0.131. The summed E-state index contributed by atoms with van der Waals surface area (Å²) in [6.45, 7) is 1.91. The Morgan fingerprint density at radius 1 is 0.938 bits per heavy atom. The number of sulfonamides is 1. The van der Waals surface area contributed by atoms with Gasteiger partial charge in [-0.2, -0.15) is 4.31 Å². The van der Waals surface area contributed by atoms with Gasteiger partial charge in [-0.1, -0.05) is 12.1 Å². The van der Waals surface area contributed by atoms with Crippen molar-refractivity contribution >= 4 is 44.5 Å². The van der Waals surface area contributed by atoms with Gasteiger partial charge in [-0.15, -0.1) is 0 Å². The summed E-state index contributed by atoms with van der Waals surface area (Å²) in [6.07, 6.45) is 1.62. The Morgan fingerprint density at radius 3 is 2.44 bits per heavy atom. The fourth-order valence-electron chi connectivity index (χ4n) is 4.29. The van der Waals surface area contributed by atoms with Crippen molar-refractivity contribution in [2.24, 2.45) is 0 Å². The number of fused-ring (bicyclic) bond motifs is 6. The lowest BCUT2D eigenvalue weighted by Crippen LogP contribution is -2.51. The molecule has 1 fully saturated rings. The van der Waals surface area contributed by atoms with Crippen molar-refractivity contribution in [2.75, 3.05) is 55.3 Å². The number of benzene rings is 2. The molecule has 166 valence electrons. The van der Waals surface area contributed by atoms with Gasteiger partial charge < -0.3 is 20.4 Å². The van der Waals surface area contributed by atoms with E-state index in [0.717, 1.165) is 21.2 Å². The van der Waals surface area contributed by atoms with Crippen LogP contribution >= 0.6 is 0 Å². The highest BCUT2D eigenvalue weighted by Crippen LogP contribution is 2.39. The molecule has 2 N–H and O–H groups in total. The van der Waals surface area contributed by atoms with Gasteiger partial charge in [-0.05, 0) is 30.3 Å². The molecular weight excluding hydrogens is 430 g/mol. The zero-order valence-corrected chi connectivity index (χ0v) is 18.4. The highest BCUT2D eigenvalue weighted by atomic mass is 32.2. The third kappa shape index (κ3) is 3.41. The van der Waals surface area contributed by atoms with Crippen molar-refractivity contribution < 1.29 is 18.0 Å². The van der Waals surface area contributed by atoms with Crippen LogP contribution < -0.4 is 15.5 Å². The van der Waals surface area contributed by atoms with Crippen LogP contribution in [0.15, 0.2) is 53.6 Å². The Hall–Kier alpha value is -3.37. The van der Waals surface area contributed by atoms with E-state index in [1.807, 2.05) is 18.2 Å². The van der Waals surface area contributed by atoms with Crippen molar-refractivity contribution in [3.05, 3.63) is 54.2 Å². The first-order chi connectivity index (χ1) is 15.3. The van der Waals surface area contributed by atoms with Gasteiger partial charge in [-0.3, -0.25) is 9.59 Å². The summed E-state index contributed by atoms with van der Waals surface area (Å²) in [5.74, 6) is -0.453. The fraction of sp³-hybridized carbons (Fsp3) is 0.273. The highest BCUT2D eigenvalue weighted by Gasteiger charge is 2.32. The van der Waals surface area contributed by atoms with Gasteiger partial charge in [0.25, 0.3) is 5.91 Å². The molecule has 1 saturated heterocycles. The number of carbonyl (C=O) groups excluding carboxylic acids is 2. The number of rotatable bonds is 0. The van der Waals surface area contributed by atoms with Gasteiger partial charge in [0.05, 0.1) is 22.7 Å². The molecule has 32 heavy (non-hydrogen) atoms. The molecule has 0 saturated carbocycles. The first-order valence-electron chi connectivity index (χ1n) is 10.4. The fourth-order valence-corrected chi connectivity index (χ4v) is 5.45. The van der Waals surface area contributed by atoms with Crippen LogP contribution in [0.2, 0.25) is 0 Å². The molecule has 4 bridgehead atoms. The molecule has 0 unspecified atom stereocenters. The third-order valence-electron chi connectivity index (χ3n) is 6.06. The van der Waals surface area contributed by atoms with E-state index in [-0.39, 0.29) is 23.3 Å². The van der Waals surface area contributed by atoms with Crippen LogP contribution in [0.25, 0.3) is 5.57 Å². The summed E-state index contributed by atoms with van der Waals surface area (Å²) >= 11 is 0. The van der Waals surface area contributed by atoms with Gasteiger partial charge in [-0.25, -0.2) is 8.42 Å². The van der Waals surface area contributed by atoms with Crippen molar-refractivity contribution in [2.45, 2.75) is 4.90 Å². The Kier molecular flexibility index (Phi) is 4.90. The van der Waals surface area contributed by atoms with Crippen LogP contribution in [-0.2, 0) is 19.6 Å². The molecule has 0 aliphatic carbocycles. The van der Waals surface area contributed by atoms with Crippen molar-refractivity contribution in [3.63, 3.8) is 0 Å². The minimum Gasteiger partial charge on any atom is -0.367 e. The Balaban J connectivity index is 1.63. The van der Waals surface area contributed by atoms with E-state index in [9.17, 15) is 18.0 Å². The molecule has 2 aromatic rings. The molecule has 6 rings (SSSR count). The van der Waals surface area contributed by atoms with E-state index in [0.29, 0.717) is 37.4 Å². The minimum atomic E-state index is -3.85. The molecule has 4 heterocycles. The summed E-state index contributed by atoms with van der Waals surface area (Å²) in [7, 11) is -2.44. The summed E-state index contributed by atoms with van der Waals surface area (Å²) < 4.78 is 27.1. The minimum absolute atomic E-state index is 0.0741. The SMILES string of the molecule is CN1CC(=O)N2CCN(CC2)c2cccc3c2/C(=C/Nc2cccc(c2)S1(=O)=O)C(=O)N3. The van der Waals surface area contributed by atoms with Gasteiger partial charge >= 0.3 is 0 Å². The molecular formula is C22H23N5O4S. The van der Waals surface area contributed by atoms with E-state index in [2.05, 4.69) is 15.5 Å². The lowest BCUT2D eigenvalue weighted by Gasteiger charge is -2.37. The molecule has 0 atom stereocenters. The third-order valence-corrected chi connectivity index (χ3v) is 7.86. The second kappa shape index (κ2) is 7.64. The van der Waals surface area contributed by atoms with Crippen LogP contribution in [0.3, 0.4) is 0 Å². The van der Waals surface area contributed by atoms with E-state index in [1.54, 1.807) is 23.2 Å². The smallest absolute Gasteiger partial charge is 0.257 e. The normalized spacial score (nSPS) is 22.1. The van der Waals surface area contributed by atoms with Crippen LogP contribution in [0.5, 0.6) is 0 Å². The maximum absolute atomic E-state index is 13.0. The van der Waals surface area contributed by atoms with E-state index in [1.165, 1.54) is 19.2 Å². The van der Waals surface area contributed by atoms with Crippen molar-refractivity contribution in [1.82, 2.24) is 9.21 Å². The van der Waals surface area contributed by atoms with E-state index in [4.69, 9.17) is 0 Å². The lowest BCUT2D eigenvalue weighted by atomic mass is 10.0. The predicted molar refractivity (Wildman–Crippen MR) is 122 cm³/mol. The molecule has 0 aromatic heterocycles. The van der Waals surface area contributed by atoms with E-state index < -0.39 is 10.0 Å². The second-order valence-corrected chi connectivity index (χ2v) is 10.1. The van der Waals surface area contributed by atoms with Crippen molar-refractivity contribution in [3.8, 4) is 0 Å². The Morgan fingerprint density at radius 2 is 1.66 bits per heavy atom. The molecule has 2 amide bonds. The number of anilines is 3. The number of amides is 2. The van der Waals surface area contributed by atoms with Gasteiger partial charge in [0.2, 0.25) is 15.9 Å². The molecule has 0 spiro atoms. The van der Waals surface area contributed by atoms with Crippen LogP contribution in [0, 0.1) is 0 Å². The zero-order valence-electron chi connectivity index (χ0n) is 17.5. The number of nitrogens with one attached hydrogen (secondary N) is 2. The highest BCUT2D eigenvalue weighted by molar-refractivity contribution is 7.89. The quantitative estimate of drug-likeness (QED) is 0.625. The number of hydrogen-bond acceptors (Lipinski definition) is 6. The van der Waals surface area contributed by atoms with Gasteiger partial charge in [0.15, 0.2) is 0 Å². The summed E-state index contributed by atoms with van der Waals surface area (Å²) in [5.41, 5.74) is 3.47. The molecule has 2 aromatic carbocycles. The molecule has 4 aliphatic heterocycles. The molecule has 0 radical (unpaired) electrons. The number of hydrogen-bond donors (Lipinski definition) is 2. The first kappa shape index (κ1) is 20.5. The average molecular weight is 454 g/mol. The van der Waals surface area contributed by atoms with E-state index >= 15 is 0 Å². The molecule has 10 heteroatoms. The van der Waals surface area contributed by atoms with Crippen LogP contribution in [0.4, 0.5) is 17.1 Å². The van der Waals surface area contributed by atoms with Gasteiger partial charge in [0.1, 0.15) is 0 Å². The Labute approximate surface area is 186 Å². The first-order valence-corrected chi connectivity index (χ1v) is 11.8. The predicted octanol–water partition coefficient (Wildman–Crippen LogP) is 1.37. The number of carbonyl (C=O) groups is 2. The summed E-state index contributed by atoms with van der Waals surface area (Å²) in [4.78, 5) is 29.4. The maximum Gasteiger partial charge on any atom is 0.257 e. The van der Waals surface area contributed by atoms with Crippen molar-refractivity contribution in [1.29, 1.82) is 0 Å². The number of nitrogens with zero attached hydrogens (tertiary/aromatic N) is 3. The monoisotopic (exact) mass is 453 g/mol. The van der Waals surface area contributed by atoms with Crippen LogP contribution in [-0.4, -0.2) is 69.2 Å². The van der Waals surface area contributed by atoms with Crippen LogP contribution in [0.1, 0.15) is 5.56 Å². The Bertz CT molecular complexity index is 1250.